The van der Waals surface area contributed by atoms with Gasteiger partial charge in [-0.3, -0.25) is 9.69 Å². The van der Waals surface area contributed by atoms with Crippen LogP contribution in [0.4, 0.5) is 5.69 Å². The van der Waals surface area contributed by atoms with E-state index in [-0.39, 0.29) is 18.2 Å². The Bertz CT molecular complexity index is 1320. The van der Waals surface area contributed by atoms with Crippen molar-refractivity contribution in [2.24, 2.45) is 0 Å². The van der Waals surface area contributed by atoms with Crippen LogP contribution in [0.5, 0.6) is 11.5 Å². The molecule has 6 nitrogen and oxygen atoms in total. The number of hydrogen-bond donors (Lipinski definition) is 0. The smallest absolute Gasteiger partial charge is 0.229 e. The predicted octanol–water partition coefficient (Wildman–Crippen LogP) is 5.88. The molecule has 182 valence electrons. The summed E-state index contributed by atoms with van der Waals surface area (Å²) >= 11 is 1.52. The molecule has 0 bridgehead atoms. The first-order chi connectivity index (χ1) is 17.7. The van der Waals surface area contributed by atoms with Crippen molar-refractivity contribution in [3.63, 3.8) is 0 Å². The molecule has 0 aromatic heterocycles. The number of rotatable bonds is 7. The number of ether oxygens (including phenoxy) is 2. The number of thioether (sulfide) groups is 1. The maximum Gasteiger partial charge on any atom is 0.229 e. The fourth-order valence-electron chi connectivity index (χ4n) is 4.56. The lowest BCUT2D eigenvalue weighted by Crippen LogP contribution is -2.47. The SMILES string of the molecule is CCOc1ccccc1N1CSC2=C(C#N)[C@H](c3cccc(OCc4ccccc4)c3)CC(=O)N2C1. The van der Waals surface area contributed by atoms with Gasteiger partial charge < -0.3 is 14.4 Å². The Balaban J connectivity index is 1.38. The minimum atomic E-state index is -0.288. The van der Waals surface area contributed by atoms with E-state index in [1.807, 2.05) is 85.8 Å². The zero-order valence-electron chi connectivity index (χ0n) is 20.1. The molecule has 0 aliphatic carbocycles. The summed E-state index contributed by atoms with van der Waals surface area (Å²) in [5, 5.41) is 10.9. The number of nitriles is 1. The molecule has 36 heavy (non-hydrogen) atoms. The van der Waals surface area contributed by atoms with Gasteiger partial charge in [-0.05, 0) is 42.3 Å². The summed E-state index contributed by atoms with van der Waals surface area (Å²) < 4.78 is 11.8. The van der Waals surface area contributed by atoms with Crippen LogP contribution < -0.4 is 14.4 Å². The van der Waals surface area contributed by atoms with Crippen molar-refractivity contribution >= 4 is 23.4 Å². The molecule has 0 spiro atoms. The first-order valence-corrected chi connectivity index (χ1v) is 13.0. The molecule has 1 saturated heterocycles. The molecule has 2 aliphatic heterocycles. The maximum absolute atomic E-state index is 13.3. The summed E-state index contributed by atoms with van der Waals surface area (Å²) in [5.41, 5.74) is 3.59. The fraction of sp³-hybridized carbons (Fsp3) is 0.241. The summed E-state index contributed by atoms with van der Waals surface area (Å²) in [6.07, 6.45) is 0.246. The lowest BCUT2D eigenvalue weighted by Gasteiger charge is -2.42. The Kier molecular flexibility index (Phi) is 7.15. The molecule has 2 aliphatic rings. The Morgan fingerprint density at radius 3 is 2.64 bits per heavy atom. The van der Waals surface area contributed by atoms with Crippen LogP contribution in [-0.2, 0) is 11.4 Å². The van der Waals surface area contributed by atoms with E-state index in [2.05, 4.69) is 11.0 Å². The summed E-state index contributed by atoms with van der Waals surface area (Å²) in [4.78, 5) is 17.2. The van der Waals surface area contributed by atoms with E-state index in [4.69, 9.17) is 9.47 Å². The number of carbonyl (C=O) groups is 1. The average molecular weight is 498 g/mol. The second-order valence-electron chi connectivity index (χ2n) is 8.61. The zero-order chi connectivity index (χ0) is 24.9. The van der Waals surface area contributed by atoms with Crippen LogP contribution in [0.15, 0.2) is 89.5 Å². The number of para-hydroxylation sites is 2. The molecule has 0 saturated carbocycles. The van der Waals surface area contributed by atoms with Gasteiger partial charge in [0.15, 0.2) is 0 Å². The summed E-state index contributed by atoms with van der Waals surface area (Å²) in [6, 6.07) is 28.0. The highest BCUT2D eigenvalue weighted by Crippen LogP contribution is 2.44. The van der Waals surface area contributed by atoms with Crippen LogP contribution in [0.1, 0.15) is 30.4 Å². The Morgan fingerprint density at radius 2 is 1.83 bits per heavy atom. The number of carbonyl (C=O) groups excluding carboxylic acids is 1. The lowest BCUT2D eigenvalue weighted by molar-refractivity contribution is -0.129. The quantitative estimate of drug-likeness (QED) is 0.406. The van der Waals surface area contributed by atoms with Gasteiger partial charge >= 0.3 is 0 Å². The van der Waals surface area contributed by atoms with Crippen molar-refractivity contribution in [2.45, 2.75) is 25.9 Å². The number of allylic oxidation sites excluding steroid dienone is 1. The molecule has 3 aromatic rings. The van der Waals surface area contributed by atoms with Crippen molar-refractivity contribution in [1.82, 2.24) is 4.90 Å². The monoisotopic (exact) mass is 497 g/mol. The molecular weight excluding hydrogens is 470 g/mol. The van der Waals surface area contributed by atoms with Gasteiger partial charge in [-0.25, -0.2) is 0 Å². The molecule has 7 heteroatoms. The van der Waals surface area contributed by atoms with Gasteiger partial charge in [-0.2, -0.15) is 5.26 Å². The lowest BCUT2D eigenvalue weighted by atomic mass is 9.86. The number of nitrogens with zero attached hydrogens (tertiary/aromatic N) is 3. The number of fused-ring (bicyclic) bond motifs is 1. The van der Waals surface area contributed by atoms with Gasteiger partial charge in [0.25, 0.3) is 0 Å². The second-order valence-corrected chi connectivity index (χ2v) is 9.54. The Hall–Kier alpha value is -3.89. The average Bonchev–Trinajstić information content (AvgIpc) is 2.93. The van der Waals surface area contributed by atoms with E-state index in [0.717, 1.165) is 33.3 Å². The molecule has 1 atom stereocenters. The highest BCUT2D eigenvalue weighted by Gasteiger charge is 2.38. The normalized spacial score (nSPS) is 17.4. The minimum absolute atomic E-state index is 0.00991. The highest BCUT2D eigenvalue weighted by atomic mass is 32.2. The minimum Gasteiger partial charge on any atom is -0.492 e. The van der Waals surface area contributed by atoms with Crippen molar-refractivity contribution in [3.8, 4) is 17.6 Å². The Labute approximate surface area is 215 Å². The van der Waals surface area contributed by atoms with Gasteiger partial charge in [0.05, 0.1) is 41.5 Å². The molecule has 1 amide bonds. The van der Waals surface area contributed by atoms with Crippen LogP contribution in [0.3, 0.4) is 0 Å². The highest BCUT2D eigenvalue weighted by molar-refractivity contribution is 8.03. The van der Waals surface area contributed by atoms with Gasteiger partial charge in [-0.1, -0.05) is 66.4 Å². The molecular formula is C29H27N3O3S. The Morgan fingerprint density at radius 1 is 1.03 bits per heavy atom. The standard InChI is InChI=1S/C29H27N3O3S/c1-2-34-27-14-7-6-13-26(27)31-19-32-28(33)16-24(25(17-30)29(32)36-20-31)22-11-8-12-23(15-22)35-18-21-9-4-3-5-10-21/h3-15,24H,2,16,18-20H2,1H3/t24-/m0/s1. The predicted molar refractivity (Wildman–Crippen MR) is 141 cm³/mol. The van der Waals surface area contributed by atoms with Crippen molar-refractivity contribution in [1.29, 1.82) is 5.26 Å². The number of anilines is 1. The van der Waals surface area contributed by atoms with E-state index in [0.29, 0.717) is 31.3 Å². The molecule has 2 heterocycles. The van der Waals surface area contributed by atoms with E-state index < -0.39 is 0 Å². The van der Waals surface area contributed by atoms with Crippen LogP contribution in [0.2, 0.25) is 0 Å². The van der Waals surface area contributed by atoms with Crippen molar-refractivity contribution < 1.29 is 14.3 Å². The third-order valence-electron chi connectivity index (χ3n) is 6.31. The third-order valence-corrected chi connectivity index (χ3v) is 7.46. The summed E-state index contributed by atoms with van der Waals surface area (Å²) in [6.45, 7) is 3.38. The number of amides is 1. The van der Waals surface area contributed by atoms with Crippen LogP contribution >= 0.6 is 11.8 Å². The van der Waals surface area contributed by atoms with E-state index in [1.165, 1.54) is 11.8 Å². The van der Waals surface area contributed by atoms with E-state index in [9.17, 15) is 10.1 Å². The number of benzene rings is 3. The maximum atomic E-state index is 13.3. The van der Waals surface area contributed by atoms with Crippen LogP contribution in [0.25, 0.3) is 0 Å². The second kappa shape index (κ2) is 10.8. The molecule has 0 radical (unpaired) electrons. The molecule has 0 N–H and O–H groups in total. The van der Waals surface area contributed by atoms with E-state index >= 15 is 0 Å². The first-order valence-electron chi connectivity index (χ1n) is 12.0. The fourth-order valence-corrected chi connectivity index (χ4v) is 5.72. The largest absolute Gasteiger partial charge is 0.492 e. The van der Waals surface area contributed by atoms with Gasteiger partial charge in [-0.15, -0.1) is 0 Å². The molecule has 3 aromatic carbocycles. The van der Waals surface area contributed by atoms with Gasteiger partial charge in [0, 0.05) is 12.3 Å². The molecule has 0 unspecified atom stereocenters. The molecule has 5 rings (SSSR count). The number of hydrogen-bond acceptors (Lipinski definition) is 6. The van der Waals surface area contributed by atoms with E-state index in [1.54, 1.807) is 4.90 Å². The molecule has 1 fully saturated rings. The first kappa shape index (κ1) is 23.8. The van der Waals surface area contributed by atoms with Crippen LogP contribution in [0, 0.1) is 11.3 Å². The van der Waals surface area contributed by atoms with Crippen molar-refractivity contribution in [2.75, 3.05) is 24.1 Å². The zero-order valence-corrected chi connectivity index (χ0v) is 20.9. The van der Waals surface area contributed by atoms with Gasteiger partial charge in [0.2, 0.25) is 5.91 Å². The summed E-state index contributed by atoms with van der Waals surface area (Å²) in [5.74, 6) is 1.87. The topological polar surface area (TPSA) is 65.8 Å². The van der Waals surface area contributed by atoms with Crippen LogP contribution in [-0.4, -0.2) is 30.0 Å². The third kappa shape index (κ3) is 4.91. The van der Waals surface area contributed by atoms with Gasteiger partial charge in [0.1, 0.15) is 18.1 Å². The van der Waals surface area contributed by atoms with Crippen molar-refractivity contribution in [3.05, 3.63) is 101 Å². The summed E-state index contributed by atoms with van der Waals surface area (Å²) in [7, 11) is 0.